The highest BCUT2D eigenvalue weighted by atomic mass is 32.2. The lowest BCUT2D eigenvalue weighted by atomic mass is 10.2. The first-order chi connectivity index (χ1) is 6.36. The molecule has 2 heteroatoms. The lowest BCUT2D eigenvalue weighted by Crippen LogP contribution is -2.30. The van der Waals surface area contributed by atoms with Gasteiger partial charge in [0.05, 0.1) is 0 Å². The van der Waals surface area contributed by atoms with Gasteiger partial charge in [-0.05, 0) is 38.8 Å². The summed E-state index contributed by atoms with van der Waals surface area (Å²) in [5, 5.41) is 5.29. The van der Waals surface area contributed by atoms with Gasteiger partial charge in [0.1, 0.15) is 0 Å². The van der Waals surface area contributed by atoms with E-state index in [1.54, 1.807) is 0 Å². The van der Waals surface area contributed by atoms with Gasteiger partial charge in [0.15, 0.2) is 0 Å². The summed E-state index contributed by atoms with van der Waals surface area (Å²) < 4.78 is 0. The van der Waals surface area contributed by atoms with Crippen LogP contribution in [0.4, 0.5) is 0 Å². The van der Waals surface area contributed by atoms with Crippen LogP contribution in [-0.4, -0.2) is 23.6 Å². The van der Waals surface area contributed by atoms with Gasteiger partial charge < -0.3 is 5.32 Å². The molecule has 1 nitrogen and oxygen atoms in total. The summed E-state index contributed by atoms with van der Waals surface area (Å²) in [6.07, 6.45) is 6.86. The predicted molar refractivity (Wildman–Crippen MR) is 62.5 cm³/mol. The second kappa shape index (κ2) is 6.72. The van der Waals surface area contributed by atoms with E-state index >= 15 is 0 Å². The molecule has 78 valence electrons. The molecular weight excluding hydrogens is 178 g/mol. The zero-order valence-corrected chi connectivity index (χ0v) is 9.83. The highest BCUT2D eigenvalue weighted by molar-refractivity contribution is 8.00. The second-order valence-corrected chi connectivity index (χ2v) is 5.51. The lowest BCUT2D eigenvalue weighted by Gasteiger charge is -2.26. The maximum Gasteiger partial charge on any atom is 0.00739 e. The van der Waals surface area contributed by atoms with Gasteiger partial charge in [-0.15, -0.1) is 0 Å². The first kappa shape index (κ1) is 11.4. The fraction of sp³-hybridized carbons (Fsp3) is 1.00. The predicted octanol–water partition coefficient (Wildman–Crippen LogP) is 3.05. The van der Waals surface area contributed by atoms with E-state index in [-0.39, 0.29) is 0 Å². The number of thioether (sulfide) groups is 1. The van der Waals surface area contributed by atoms with Crippen molar-refractivity contribution in [3.8, 4) is 0 Å². The zero-order valence-electron chi connectivity index (χ0n) is 9.01. The Bertz CT molecular complexity index is 119. The lowest BCUT2D eigenvalue weighted by molar-refractivity contribution is 0.528. The van der Waals surface area contributed by atoms with E-state index < -0.39 is 0 Å². The van der Waals surface area contributed by atoms with E-state index in [0.717, 1.165) is 10.5 Å². The Labute approximate surface area is 87.1 Å². The van der Waals surface area contributed by atoms with Crippen LogP contribution in [0, 0.1) is 0 Å². The highest BCUT2D eigenvalue weighted by Crippen LogP contribution is 2.29. The van der Waals surface area contributed by atoms with Crippen molar-refractivity contribution in [2.45, 2.75) is 56.5 Å². The summed E-state index contributed by atoms with van der Waals surface area (Å²) in [6, 6.07) is 0. The van der Waals surface area contributed by atoms with Gasteiger partial charge in [-0.2, -0.15) is 11.8 Å². The van der Waals surface area contributed by atoms with Gasteiger partial charge in [0.2, 0.25) is 0 Å². The van der Waals surface area contributed by atoms with Gasteiger partial charge in [0.25, 0.3) is 0 Å². The van der Waals surface area contributed by atoms with Crippen molar-refractivity contribution in [2.75, 3.05) is 13.1 Å². The molecule has 0 bridgehead atoms. The molecule has 1 unspecified atom stereocenters. The van der Waals surface area contributed by atoms with E-state index in [2.05, 4.69) is 30.9 Å². The average Bonchev–Trinajstić information content (AvgIpc) is 2.19. The van der Waals surface area contributed by atoms with Crippen LogP contribution in [0.1, 0.15) is 46.0 Å². The number of hydrogen-bond acceptors (Lipinski definition) is 2. The van der Waals surface area contributed by atoms with Crippen molar-refractivity contribution < 1.29 is 0 Å². The van der Waals surface area contributed by atoms with Crippen LogP contribution in [0.2, 0.25) is 0 Å². The molecule has 1 heterocycles. The summed E-state index contributed by atoms with van der Waals surface area (Å²) >= 11 is 2.25. The van der Waals surface area contributed by atoms with Crippen LogP contribution in [-0.2, 0) is 0 Å². The fourth-order valence-corrected chi connectivity index (χ4v) is 3.51. The summed E-state index contributed by atoms with van der Waals surface area (Å²) in [6.45, 7) is 7.10. The molecule has 0 radical (unpaired) electrons. The zero-order chi connectivity index (χ0) is 9.52. The normalized spacial score (nSPS) is 21.7. The molecule has 0 amide bonds. The van der Waals surface area contributed by atoms with Crippen molar-refractivity contribution in [3.63, 3.8) is 0 Å². The van der Waals surface area contributed by atoms with E-state index in [9.17, 15) is 0 Å². The van der Waals surface area contributed by atoms with E-state index in [1.807, 2.05) is 0 Å². The van der Waals surface area contributed by atoms with Crippen molar-refractivity contribution in [1.82, 2.24) is 5.32 Å². The standard InChI is InChI=1S/C11H23NS/c1-3-5-10(4-2)13-11-6-8-12-9-7-11/h10-12H,3-9H2,1-2H3. The Morgan fingerprint density at radius 3 is 2.54 bits per heavy atom. The number of nitrogens with one attached hydrogen (secondary N) is 1. The SMILES string of the molecule is CCCC(CC)SC1CCNCC1. The number of rotatable bonds is 5. The molecule has 1 atom stereocenters. The molecule has 0 aromatic rings. The molecule has 0 spiro atoms. The summed E-state index contributed by atoms with van der Waals surface area (Å²) in [5.41, 5.74) is 0. The average molecular weight is 201 g/mol. The van der Waals surface area contributed by atoms with Crippen LogP contribution in [0.15, 0.2) is 0 Å². The Balaban J connectivity index is 2.18. The third-order valence-corrected chi connectivity index (χ3v) is 4.55. The van der Waals surface area contributed by atoms with Crippen molar-refractivity contribution in [3.05, 3.63) is 0 Å². The Kier molecular flexibility index (Phi) is 5.88. The van der Waals surface area contributed by atoms with Crippen LogP contribution in [0.25, 0.3) is 0 Å². The van der Waals surface area contributed by atoms with E-state index in [1.165, 1.54) is 45.2 Å². The molecule has 0 aromatic carbocycles. The van der Waals surface area contributed by atoms with Gasteiger partial charge >= 0.3 is 0 Å². The monoisotopic (exact) mass is 201 g/mol. The Morgan fingerprint density at radius 1 is 1.31 bits per heavy atom. The van der Waals surface area contributed by atoms with Crippen LogP contribution < -0.4 is 5.32 Å². The van der Waals surface area contributed by atoms with Crippen LogP contribution in [0.3, 0.4) is 0 Å². The van der Waals surface area contributed by atoms with Crippen LogP contribution in [0.5, 0.6) is 0 Å². The van der Waals surface area contributed by atoms with E-state index in [4.69, 9.17) is 0 Å². The minimum atomic E-state index is 0.924. The van der Waals surface area contributed by atoms with Crippen molar-refractivity contribution >= 4 is 11.8 Å². The molecule has 1 aliphatic rings. The molecule has 1 saturated heterocycles. The minimum Gasteiger partial charge on any atom is -0.317 e. The Hall–Kier alpha value is 0.310. The molecule has 0 saturated carbocycles. The van der Waals surface area contributed by atoms with Gasteiger partial charge in [0, 0.05) is 10.5 Å². The summed E-state index contributed by atoms with van der Waals surface area (Å²) in [4.78, 5) is 0. The maximum absolute atomic E-state index is 3.42. The molecule has 0 aliphatic carbocycles. The maximum atomic E-state index is 3.42. The third kappa shape index (κ3) is 4.37. The van der Waals surface area contributed by atoms with Gasteiger partial charge in [-0.25, -0.2) is 0 Å². The van der Waals surface area contributed by atoms with Crippen LogP contribution >= 0.6 is 11.8 Å². The largest absolute Gasteiger partial charge is 0.317 e. The molecular formula is C11H23NS. The molecule has 1 rings (SSSR count). The van der Waals surface area contributed by atoms with E-state index in [0.29, 0.717) is 0 Å². The fourth-order valence-electron chi connectivity index (χ4n) is 1.89. The third-order valence-electron chi connectivity index (χ3n) is 2.74. The highest BCUT2D eigenvalue weighted by Gasteiger charge is 2.17. The molecule has 1 N–H and O–H groups in total. The van der Waals surface area contributed by atoms with Gasteiger partial charge in [-0.1, -0.05) is 20.3 Å². The van der Waals surface area contributed by atoms with Crippen molar-refractivity contribution in [1.29, 1.82) is 0 Å². The number of piperidine rings is 1. The van der Waals surface area contributed by atoms with Gasteiger partial charge in [-0.3, -0.25) is 0 Å². The topological polar surface area (TPSA) is 12.0 Å². The summed E-state index contributed by atoms with van der Waals surface area (Å²) in [5.74, 6) is 0. The van der Waals surface area contributed by atoms with Crippen molar-refractivity contribution in [2.24, 2.45) is 0 Å². The Morgan fingerprint density at radius 2 is 2.00 bits per heavy atom. The minimum absolute atomic E-state index is 0.924. The first-order valence-corrected chi connectivity index (χ1v) is 6.67. The summed E-state index contributed by atoms with van der Waals surface area (Å²) in [7, 11) is 0. The molecule has 1 fully saturated rings. The molecule has 13 heavy (non-hydrogen) atoms. The second-order valence-electron chi connectivity index (χ2n) is 3.90. The smallest absolute Gasteiger partial charge is 0.00739 e. The first-order valence-electron chi connectivity index (χ1n) is 5.73. The number of hydrogen-bond donors (Lipinski definition) is 1. The molecule has 0 aromatic heterocycles. The molecule has 1 aliphatic heterocycles. The quantitative estimate of drug-likeness (QED) is 0.734.